The maximum absolute atomic E-state index is 12.8. The average Bonchev–Trinajstić information content (AvgIpc) is 2.74. The molecule has 1 aliphatic heterocycles. The Morgan fingerprint density at radius 3 is 2.48 bits per heavy atom. The second-order valence-electron chi connectivity index (χ2n) is 6.47. The molecule has 0 N–H and O–H groups in total. The predicted octanol–water partition coefficient (Wildman–Crippen LogP) is 3.73. The monoisotopic (exact) mass is 463 g/mol. The summed E-state index contributed by atoms with van der Waals surface area (Å²) in [6, 6.07) is 10.1. The zero-order chi connectivity index (χ0) is 21.0. The van der Waals surface area contributed by atoms with Gasteiger partial charge in [-0.05, 0) is 53.2 Å². The minimum atomic E-state index is -0.410. The fraction of sp³-hybridized carbons (Fsp3) is 0.350. The van der Waals surface area contributed by atoms with E-state index in [4.69, 9.17) is 9.47 Å². The summed E-state index contributed by atoms with van der Waals surface area (Å²) in [7, 11) is 1.47. The smallest absolute Gasteiger partial charge is 0.296 e. The third-order valence-electron chi connectivity index (χ3n) is 4.77. The quantitative estimate of drug-likeness (QED) is 0.479. The molecule has 8 nitrogen and oxygen atoms in total. The summed E-state index contributed by atoms with van der Waals surface area (Å²) < 4.78 is 11.3. The first-order valence-corrected chi connectivity index (χ1v) is 10.0. The molecule has 29 heavy (non-hydrogen) atoms. The number of rotatable bonds is 6. The van der Waals surface area contributed by atoms with Gasteiger partial charge in [0.2, 0.25) is 0 Å². The molecular formula is C20H22BrN3O5. The molecule has 154 valence electrons. The Labute approximate surface area is 177 Å². The minimum Gasteiger partial charge on any atom is -0.496 e. The zero-order valence-electron chi connectivity index (χ0n) is 16.3. The first kappa shape index (κ1) is 20.9. The van der Waals surface area contributed by atoms with Gasteiger partial charge in [-0.15, -0.1) is 0 Å². The summed E-state index contributed by atoms with van der Waals surface area (Å²) in [6.45, 7) is 4.43. The second-order valence-corrected chi connectivity index (χ2v) is 7.32. The number of piperazine rings is 1. The van der Waals surface area contributed by atoms with Gasteiger partial charge in [-0.1, -0.05) is 0 Å². The minimum absolute atomic E-state index is 0.000398. The van der Waals surface area contributed by atoms with Crippen LogP contribution in [0, 0.1) is 10.1 Å². The van der Waals surface area contributed by atoms with Crippen molar-refractivity contribution in [3.63, 3.8) is 0 Å². The number of ether oxygens (including phenoxy) is 2. The fourth-order valence-corrected chi connectivity index (χ4v) is 3.78. The van der Waals surface area contributed by atoms with Gasteiger partial charge in [0.05, 0.1) is 29.2 Å². The molecule has 0 unspecified atom stereocenters. The fourth-order valence-electron chi connectivity index (χ4n) is 3.28. The standard InChI is InChI=1S/C20H22BrN3O5/c1-3-29-19-7-4-14(12-16(19)21)20(25)23-10-8-22(9-11-23)17-6-5-15(28-2)13-18(17)24(26)27/h4-7,12-13H,3,8-11H2,1-2H3. The molecule has 3 rings (SSSR count). The molecule has 1 amide bonds. The third kappa shape index (κ3) is 4.61. The van der Waals surface area contributed by atoms with Crippen molar-refractivity contribution in [2.45, 2.75) is 6.92 Å². The van der Waals surface area contributed by atoms with Crippen LogP contribution in [-0.4, -0.2) is 55.6 Å². The number of nitro benzene ring substituents is 1. The number of anilines is 1. The SMILES string of the molecule is CCOc1ccc(C(=O)N2CCN(c3ccc(OC)cc3[N+](=O)[O-])CC2)cc1Br. The van der Waals surface area contributed by atoms with Crippen LogP contribution in [0.4, 0.5) is 11.4 Å². The van der Waals surface area contributed by atoms with Crippen molar-refractivity contribution in [1.82, 2.24) is 4.90 Å². The van der Waals surface area contributed by atoms with Crippen molar-refractivity contribution in [1.29, 1.82) is 0 Å². The number of halogens is 1. The van der Waals surface area contributed by atoms with Crippen LogP contribution in [0.3, 0.4) is 0 Å². The molecule has 0 spiro atoms. The number of nitro groups is 1. The van der Waals surface area contributed by atoms with Gasteiger partial charge in [0.25, 0.3) is 11.6 Å². The number of amides is 1. The van der Waals surface area contributed by atoms with Crippen LogP contribution in [0.1, 0.15) is 17.3 Å². The lowest BCUT2D eigenvalue weighted by Gasteiger charge is -2.36. The predicted molar refractivity (Wildman–Crippen MR) is 113 cm³/mol. The number of benzene rings is 2. The first-order valence-electron chi connectivity index (χ1n) is 9.23. The normalized spacial score (nSPS) is 13.9. The highest BCUT2D eigenvalue weighted by Crippen LogP contribution is 2.33. The van der Waals surface area contributed by atoms with Crippen molar-refractivity contribution in [2.24, 2.45) is 0 Å². The van der Waals surface area contributed by atoms with E-state index in [1.165, 1.54) is 13.2 Å². The van der Waals surface area contributed by atoms with E-state index >= 15 is 0 Å². The molecular weight excluding hydrogens is 442 g/mol. The first-order chi connectivity index (χ1) is 13.9. The van der Waals surface area contributed by atoms with Crippen molar-refractivity contribution in [2.75, 3.05) is 44.8 Å². The van der Waals surface area contributed by atoms with E-state index in [0.29, 0.717) is 55.5 Å². The van der Waals surface area contributed by atoms with E-state index in [1.54, 1.807) is 35.2 Å². The van der Waals surface area contributed by atoms with Gasteiger partial charge in [-0.3, -0.25) is 14.9 Å². The van der Waals surface area contributed by atoms with E-state index in [0.717, 1.165) is 4.47 Å². The van der Waals surface area contributed by atoms with Gasteiger partial charge in [-0.2, -0.15) is 0 Å². The Balaban J connectivity index is 1.70. The van der Waals surface area contributed by atoms with Crippen LogP contribution < -0.4 is 14.4 Å². The van der Waals surface area contributed by atoms with Gasteiger partial charge in [0.15, 0.2) is 0 Å². The van der Waals surface area contributed by atoms with E-state index in [1.807, 2.05) is 11.8 Å². The summed E-state index contributed by atoms with van der Waals surface area (Å²) in [5, 5.41) is 11.4. The summed E-state index contributed by atoms with van der Waals surface area (Å²) in [6.07, 6.45) is 0. The van der Waals surface area contributed by atoms with Crippen LogP contribution in [0.25, 0.3) is 0 Å². The molecule has 0 radical (unpaired) electrons. The third-order valence-corrected chi connectivity index (χ3v) is 5.39. The highest BCUT2D eigenvalue weighted by Gasteiger charge is 2.27. The molecule has 0 aliphatic carbocycles. The van der Waals surface area contributed by atoms with Gasteiger partial charge < -0.3 is 19.3 Å². The molecule has 0 saturated carbocycles. The van der Waals surface area contributed by atoms with Crippen LogP contribution >= 0.6 is 15.9 Å². The molecule has 1 fully saturated rings. The highest BCUT2D eigenvalue weighted by molar-refractivity contribution is 9.10. The van der Waals surface area contributed by atoms with Crippen molar-refractivity contribution < 1.29 is 19.2 Å². The topological polar surface area (TPSA) is 85.2 Å². The van der Waals surface area contributed by atoms with Crippen molar-refractivity contribution in [3.8, 4) is 11.5 Å². The van der Waals surface area contributed by atoms with Crippen LogP contribution in [0.15, 0.2) is 40.9 Å². The van der Waals surface area contributed by atoms with Gasteiger partial charge in [-0.25, -0.2) is 0 Å². The van der Waals surface area contributed by atoms with Gasteiger partial charge in [0.1, 0.15) is 17.2 Å². The lowest BCUT2D eigenvalue weighted by atomic mass is 10.1. The Bertz CT molecular complexity index is 913. The van der Waals surface area contributed by atoms with Crippen LogP contribution in [0.2, 0.25) is 0 Å². The number of hydrogen-bond donors (Lipinski definition) is 0. The molecule has 0 aromatic heterocycles. The molecule has 1 saturated heterocycles. The summed E-state index contributed by atoms with van der Waals surface area (Å²) in [5.74, 6) is 1.06. The Morgan fingerprint density at radius 2 is 1.90 bits per heavy atom. The number of methoxy groups -OCH3 is 1. The number of carbonyl (C=O) groups is 1. The molecule has 0 atom stereocenters. The van der Waals surface area contributed by atoms with Crippen molar-refractivity contribution in [3.05, 3.63) is 56.5 Å². The van der Waals surface area contributed by atoms with Crippen molar-refractivity contribution >= 4 is 33.2 Å². The van der Waals surface area contributed by atoms with E-state index in [9.17, 15) is 14.9 Å². The number of hydrogen-bond acceptors (Lipinski definition) is 6. The van der Waals surface area contributed by atoms with Crippen LogP contribution in [-0.2, 0) is 0 Å². The number of carbonyl (C=O) groups excluding carboxylic acids is 1. The molecule has 0 bridgehead atoms. The highest BCUT2D eigenvalue weighted by atomic mass is 79.9. The largest absolute Gasteiger partial charge is 0.496 e. The van der Waals surface area contributed by atoms with E-state index in [-0.39, 0.29) is 11.6 Å². The van der Waals surface area contributed by atoms with Gasteiger partial charge >= 0.3 is 0 Å². The van der Waals surface area contributed by atoms with E-state index < -0.39 is 4.92 Å². The van der Waals surface area contributed by atoms with E-state index in [2.05, 4.69) is 15.9 Å². The maximum Gasteiger partial charge on any atom is 0.296 e. The maximum atomic E-state index is 12.8. The lowest BCUT2D eigenvalue weighted by Crippen LogP contribution is -2.49. The Kier molecular flexibility index (Phi) is 6.58. The summed E-state index contributed by atoms with van der Waals surface area (Å²) in [4.78, 5) is 27.6. The average molecular weight is 464 g/mol. The molecule has 9 heteroatoms. The zero-order valence-corrected chi connectivity index (χ0v) is 17.8. The molecule has 1 aliphatic rings. The Hall–Kier alpha value is -2.81. The second kappa shape index (κ2) is 9.13. The molecule has 2 aromatic rings. The van der Waals surface area contributed by atoms with Crippen LogP contribution in [0.5, 0.6) is 11.5 Å². The Morgan fingerprint density at radius 1 is 1.17 bits per heavy atom. The molecule has 1 heterocycles. The molecule has 2 aromatic carbocycles. The lowest BCUT2D eigenvalue weighted by molar-refractivity contribution is -0.384. The van der Waals surface area contributed by atoms with Gasteiger partial charge in [0, 0.05) is 31.7 Å². The number of nitrogens with zero attached hydrogens (tertiary/aromatic N) is 3. The summed E-state index contributed by atoms with van der Waals surface area (Å²) in [5.41, 5.74) is 1.11. The summed E-state index contributed by atoms with van der Waals surface area (Å²) >= 11 is 3.44.